The molecule has 2 heterocycles. The Hall–Kier alpha value is -2.37. The van der Waals surface area contributed by atoms with Crippen LogP contribution >= 0.6 is 0 Å². The van der Waals surface area contributed by atoms with E-state index < -0.39 is 5.97 Å². The average molecular weight is 232 g/mol. The summed E-state index contributed by atoms with van der Waals surface area (Å²) in [5, 5.41) is 16.1. The highest BCUT2D eigenvalue weighted by atomic mass is 16.4. The monoisotopic (exact) mass is 232 g/mol. The fourth-order valence-electron chi connectivity index (χ4n) is 1.48. The number of anilines is 1. The summed E-state index contributed by atoms with van der Waals surface area (Å²) < 4.78 is 1.73. The number of aromatic nitrogens is 3. The summed E-state index contributed by atoms with van der Waals surface area (Å²) in [4.78, 5) is 14.9. The first kappa shape index (κ1) is 11.1. The molecule has 0 aliphatic rings. The standard InChI is InChI=1S/C11H12N4O2/c1-15-8(2-5-14-15)6-13-10-7-12-4-3-9(10)11(16)17/h2-5,7,13H,6H2,1H3,(H,16,17). The van der Waals surface area contributed by atoms with Gasteiger partial charge in [0.2, 0.25) is 0 Å². The van der Waals surface area contributed by atoms with Crippen molar-refractivity contribution < 1.29 is 9.90 Å². The Balaban J connectivity index is 2.14. The fourth-order valence-corrected chi connectivity index (χ4v) is 1.48. The lowest BCUT2D eigenvalue weighted by molar-refractivity contribution is 0.0698. The van der Waals surface area contributed by atoms with Gasteiger partial charge in [0.25, 0.3) is 0 Å². The summed E-state index contributed by atoms with van der Waals surface area (Å²) in [6, 6.07) is 3.33. The van der Waals surface area contributed by atoms with E-state index in [4.69, 9.17) is 5.11 Å². The SMILES string of the molecule is Cn1nccc1CNc1cnccc1C(=O)O. The number of aryl methyl sites for hydroxylation is 1. The van der Waals surface area contributed by atoms with Crippen LogP contribution in [0.15, 0.2) is 30.7 Å². The third-order valence-corrected chi connectivity index (χ3v) is 2.43. The second-order valence-electron chi connectivity index (χ2n) is 3.53. The van der Waals surface area contributed by atoms with Gasteiger partial charge in [0, 0.05) is 19.4 Å². The summed E-state index contributed by atoms with van der Waals surface area (Å²) >= 11 is 0. The smallest absolute Gasteiger partial charge is 0.337 e. The van der Waals surface area contributed by atoms with Gasteiger partial charge in [-0.3, -0.25) is 9.67 Å². The first-order valence-electron chi connectivity index (χ1n) is 5.06. The Kier molecular flexibility index (Phi) is 3.04. The molecule has 17 heavy (non-hydrogen) atoms. The van der Waals surface area contributed by atoms with Crippen LogP contribution in [0.1, 0.15) is 16.1 Å². The number of rotatable bonds is 4. The van der Waals surface area contributed by atoms with E-state index >= 15 is 0 Å². The molecule has 2 aromatic rings. The predicted octanol–water partition coefficient (Wildman–Crippen LogP) is 1.13. The molecule has 0 amide bonds. The maximum Gasteiger partial charge on any atom is 0.337 e. The van der Waals surface area contributed by atoms with Gasteiger partial charge in [-0.25, -0.2) is 4.79 Å². The predicted molar refractivity (Wildman–Crippen MR) is 61.7 cm³/mol. The first-order valence-corrected chi connectivity index (χ1v) is 5.06. The van der Waals surface area contributed by atoms with Gasteiger partial charge >= 0.3 is 5.97 Å². The van der Waals surface area contributed by atoms with E-state index in [1.807, 2.05) is 13.1 Å². The third kappa shape index (κ3) is 2.41. The summed E-state index contributed by atoms with van der Waals surface area (Å²) in [7, 11) is 1.83. The molecule has 0 aliphatic carbocycles. The molecule has 0 saturated carbocycles. The van der Waals surface area contributed by atoms with Crippen LogP contribution in [0.2, 0.25) is 0 Å². The number of hydrogen-bond acceptors (Lipinski definition) is 4. The number of carbonyl (C=O) groups is 1. The molecule has 0 aromatic carbocycles. The molecular weight excluding hydrogens is 220 g/mol. The van der Waals surface area contributed by atoms with Crippen LogP contribution in [0.4, 0.5) is 5.69 Å². The van der Waals surface area contributed by atoms with Crippen molar-refractivity contribution in [1.82, 2.24) is 14.8 Å². The fraction of sp³-hybridized carbons (Fsp3) is 0.182. The lowest BCUT2D eigenvalue weighted by Crippen LogP contribution is -2.09. The molecule has 0 fully saturated rings. The van der Waals surface area contributed by atoms with Crippen molar-refractivity contribution in [3.8, 4) is 0 Å². The van der Waals surface area contributed by atoms with Gasteiger partial charge in [-0.2, -0.15) is 5.10 Å². The van der Waals surface area contributed by atoms with Crippen LogP contribution < -0.4 is 5.32 Å². The van der Waals surface area contributed by atoms with Crippen molar-refractivity contribution in [3.63, 3.8) is 0 Å². The van der Waals surface area contributed by atoms with E-state index in [0.29, 0.717) is 12.2 Å². The maximum absolute atomic E-state index is 11.0. The van der Waals surface area contributed by atoms with Gasteiger partial charge in [-0.15, -0.1) is 0 Å². The molecule has 0 atom stereocenters. The minimum absolute atomic E-state index is 0.210. The highest BCUT2D eigenvalue weighted by Crippen LogP contribution is 2.14. The zero-order valence-corrected chi connectivity index (χ0v) is 9.29. The topological polar surface area (TPSA) is 80.0 Å². The molecule has 6 heteroatoms. The molecule has 0 bridgehead atoms. The Bertz CT molecular complexity index is 536. The van der Waals surface area contributed by atoms with Crippen LogP contribution in [0, 0.1) is 0 Å². The summed E-state index contributed by atoms with van der Waals surface area (Å²) in [5.74, 6) is -0.972. The first-order chi connectivity index (χ1) is 8.18. The van der Waals surface area contributed by atoms with Crippen LogP contribution in [-0.2, 0) is 13.6 Å². The van der Waals surface area contributed by atoms with Gasteiger partial charge in [0.05, 0.1) is 29.7 Å². The highest BCUT2D eigenvalue weighted by Gasteiger charge is 2.09. The van der Waals surface area contributed by atoms with Crippen molar-refractivity contribution in [2.24, 2.45) is 7.05 Å². The van der Waals surface area contributed by atoms with Crippen molar-refractivity contribution in [1.29, 1.82) is 0 Å². The third-order valence-electron chi connectivity index (χ3n) is 2.43. The Labute approximate surface area is 97.9 Å². The van der Waals surface area contributed by atoms with E-state index in [1.54, 1.807) is 10.9 Å². The van der Waals surface area contributed by atoms with Crippen LogP contribution in [0.5, 0.6) is 0 Å². The number of nitrogens with one attached hydrogen (secondary N) is 1. The van der Waals surface area contributed by atoms with Crippen molar-refractivity contribution in [2.45, 2.75) is 6.54 Å². The Morgan fingerprint density at radius 1 is 1.47 bits per heavy atom. The molecule has 0 radical (unpaired) electrons. The van der Waals surface area contributed by atoms with Crippen molar-refractivity contribution >= 4 is 11.7 Å². The number of nitrogens with zero attached hydrogens (tertiary/aromatic N) is 3. The van der Waals surface area contributed by atoms with Crippen molar-refractivity contribution in [2.75, 3.05) is 5.32 Å². The van der Waals surface area contributed by atoms with Crippen LogP contribution in [0.25, 0.3) is 0 Å². The lowest BCUT2D eigenvalue weighted by Gasteiger charge is -2.08. The molecule has 2 rings (SSSR count). The molecule has 0 aliphatic heterocycles. The molecular formula is C11H12N4O2. The van der Waals surface area contributed by atoms with Gasteiger partial charge in [-0.1, -0.05) is 0 Å². The Morgan fingerprint density at radius 2 is 2.29 bits per heavy atom. The largest absolute Gasteiger partial charge is 0.478 e. The Morgan fingerprint density at radius 3 is 2.94 bits per heavy atom. The molecule has 0 unspecified atom stereocenters. The van der Waals surface area contributed by atoms with E-state index in [-0.39, 0.29) is 5.56 Å². The summed E-state index contributed by atoms with van der Waals surface area (Å²) in [5.41, 5.74) is 1.67. The van der Waals surface area contributed by atoms with Crippen LogP contribution in [-0.4, -0.2) is 25.8 Å². The van der Waals surface area contributed by atoms with E-state index in [2.05, 4.69) is 15.4 Å². The minimum atomic E-state index is -0.972. The average Bonchev–Trinajstić information content (AvgIpc) is 2.72. The molecule has 2 N–H and O–H groups in total. The molecule has 0 saturated heterocycles. The minimum Gasteiger partial charge on any atom is -0.478 e. The van der Waals surface area contributed by atoms with Crippen LogP contribution in [0.3, 0.4) is 0 Å². The number of carboxylic acid groups (broad SMARTS) is 1. The number of carboxylic acids is 1. The molecule has 6 nitrogen and oxygen atoms in total. The van der Waals surface area contributed by atoms with E-state index in [9.17, 15) is 4.79 Å². The molecule has 0 spiro atoms. The second kappa shape index (κ2) is 4.65. The van der Waals surface area contributed by atoms with Gasteiger partial charge in [0.1, 0.15) is 0 Å². The zero-order valence-electron chi connectivity index (χ0n) is 9.29. The van der Waals surface area contributed by atoms with Crippen molar-refractivity contribution in [3.05, 3.63) is 42.0 Å². The van der Waals surface area contributed by atoms with Gasteiger partial charge in [0.15, 0.2) is 0 Å². The number of hydrogen-bond donors (Lipinski definition) is 2. The zero-order chi connectivity index (χ0) is 12.3. The quantitative estimate of drug-likeness (QED) is 0.825. The normalized spacial score (nSPS) is 10.2. The summed E-state index contributed by atoms with van der Waals surface area (Å²) in [6.07, 6.45) is 4.65. The maximum atomic E-state index is 11.0. The number of pyridine rings is 1. The summed E-state index contributed by atoms with van der Waals surface area (Å²) in [6.45, 7) is 0.502. The van der Waals surface area contributed by atoms with Gasteiger partial charge in [-0.05, 0) is 12.1 Å². The second-order valence-corrected chi connectivity index (χ2v) is 3.53. The van der Waals surface area contributed by atoms with E-state index in [1.165, 1.54) is 18.5 Å². The number of aromatic carboxylic acids is 1. The van der Waals surface area contributed by atoms with E-state index in [0.717, 1.165) is 5.69 Å². The molecule has 88 valence electrons. The van der Waals surface area contributed by atoms with Gasteiger partial charge < -0.3 is 10.4 Å². The molecule has 2 aromatic heterocycles. The lowest BCUT2D eigenvalue weighted by atomic mass is 10.2. The highest BCUT2D eigenvalue weighted by molar-refractivity contribution is 5.93.